The number of carboxylic acids is 2. The van der Waals surface area contributed by atoms with E-state index in [9.17, 15) is 24.2 Å². The number of carboxylic acid groups (broad SMARTS) is 2. The van der Waals surface area contributed by atoms with Crippen LogP contribution in [0, 0.1) is 5.92 Å². The first-order valence-electron chi connectivity index (χ1n) is 8.07. The lowest BCUT2D eigenvalue weighted by molar-refractivity contribution is -0.143. The van der Waals surface area contributed by atoms with Crippen LogP contribution in [0.25, 0.3) is 0 Å². The third-order valence-corrected chi connectivity index (χ3v) is 7.59. The Morgan fingerprint density at radius 1 is 1.08 bits per heavy atom. The molecule has 0 aliphatic heterocycles. The van der Waals surface area contributed by atoms with Gasteiger partial charge in [-0.05, 0) is 24.8 Å². The molecule has 4 unspecified atom stereocenters. The summed E-state index contributed by atoms with van der Waals surface area (Å²) in [5, 5.41) is 18.3. The molecule has 0 fully saturated rings. The molecule has 0 aromatic heterocycles. The first-order chi connectivity index (χ1) is 11.3. The van der Waals surface area contributed by atoms with Gasteiger partial charge < -0.3 is 15.1 Å². The molecule has 24 heavy (non-hydrogen) atoms. The van der Waals surface area contributed by atoms with Gasteiger partial charge in [0.1, 0.15) is 0 Å². The van der Waals surface area contributed by atoms with Gasteiger partial charge in [0.15, 0.2) is 0 Å². The van der Waals surface area contributed by atoms with Crippen molar-refractivity contribution in [2.45, 2.75) is 50.8 Å². The van der Waals surface area contributed by atoms with E-state index >= 15 is 0 Å². The molecular formula is C17H25O6P. The minimum atomic E-state index is -3.88. The number of benzene rings is 1. The van der Waals surface area contributed by atoms with Gasteiger partial charge in [0, 0.05) is 12.1 Å². The van der Waals surface area contributed by atoms with Crippen LogP contribution in [0.1, 0.15) is 50.8 Å². The van der Waals surface area contributed by atoms with Crippen LogP contribution in [0.4, 0.5) is 0 Å². The predicted octanol–water partition coefficient (Wildman–Crippen LogP) is 3.75. The van der Waals surface area contributed by atoms with Crippen LogP contribution in [0.15, 0.2) is 30.3 Å². The molecule has 3 N–H and O–H groups in total. The topological polar surface area (TPSA) is 112 Å². The largest absolute Gasteiger partial charge is 0.481 e. The van der Waals surface area contributed by atoms with E-state index in [4.69, 9.17) is 5.11 Å². The van der Waals surface area contributed by atoms with Gasteiger partial charge >= 0.3 is 11.9 Å². The number of carbonyl (C=O) groups is 2. The molecule has 0 amide bonds. The zero-order valence-electron chi connectivity index (χ0n) is 14.0. The lowest BCUT2D eigenvalue weighted by Crippen LogP contribution is -2.30. The summed E-state index contributed by atoms with van der Waals surface area (Å²) in [6, 6.07) is 8.88. The Morgan fingerprint density at radius 3 is 2.08 bits per heavy atom. The van der Waals surface area contributed by atoms with Crippen molar-refractivity contribution >= 4 is 19.3 Å². The highest BCUT2D eigenvalue weighted by Gasteiger charge is 2.44. The van der Waals surface area contributed by atoms with Gasteiger partial charge in [0.05, 0.1) is 11.6 Å². The zero-order chi connectivity index (χ0) is 18.3. The van der Waals surface area contributed by atoms with Crippen molar-refractivity contribution in [2.24, 2.45) is 5.92 Å². The van der Waals surface area contributed by atoms with E-state index in [-0.39, 0.29) is 19.3 Å². The van der Waals surface area contributed by atoms with Crippen molar-refractivity contribution in [1.82, 2.24) is 0 Å². The van der Waals surface area contributed by atoms with Crippen molar-refractivity contribution in [3.05, 3.63) is 35.9 Å². The SMILES string of the molecule is CCC(c1ccccc1)P(=O)(O)C(CC)C(CCC(=O)O)C(=O)O. The van der Waals surface area contributed by atoms with Crippen molar-refractivity contribution < 1.29 is 29.3 Å². The summed E-state index contributed by atoms with van der Waals surface area (Å²) in [5.74, 6) is -3.49. The van der Waals surface area contributed by atoms with Crippen LogP contribution in [-0.2, 0) is 14.2 Å². The average Bonchev–Trinajstić information content (AvgIpc) is 2.52. The number of hydrogen-bond acceptors (Lipinski definition) is 3. The molecule has 0 radical (unpaired) electrons. The third-order valence-electron chi connectivity index (χ3n) is 4.36. The van der Waals surface area contributed by atoms with Gasteiger partial charge in [-0.3, -0.25) is 14.2 Å². The molecule has 1 aromatic carbocycles. The number of hydrogen-bond donors (Lipinski definition) is 3. The van der Waals surface area contributed by atoms with Gasteiger partial charge in [-0.1, -0.05) is 44.2 Å². The molecule has 0 spiro atoms. The Morgan fingerprint density at radius 2 is 1.67 bits per heavy atom. The highest BCUT2D eigenvalue weighted by Crippen LogP contribution is 2.63. The fourth-order valence-electron chi connectivity index (χ4n) is 3.18. The second-order valence-corrected chi connectivity index (χ2v) is 8.49. The normalized spacial score (nSPS) is 17.5. The van der Waals surface area contributed by atoms with E-state index in [0.717, 1.165) is 0 Å². The maximum absolute atomic E-state index is 13.2. The van der Waals surface area contributed by atoms with Crippen LogP contribution in [0.3, 0.4) is 0 Å². The van der Waals surface area contributed by atoms with Crippen molar-refractivity contribution in [3.8, 4) is 0 Å². The van der Waals surface area contributed by atoms with E-state index in [1.165, 1.54) is 0 Å². The summed E-state index contributed by atoms with van der Waals surface area (Å²) in [4.78, 5) is 33.2. The molecule has 0 bridgehead atoms. The van der Waals surface area contributed by atoms with Gasteiger partial charge in [-0.25, -0.2) is 0 Å². The van der Waals surface area contributed by atoms with E-state index in [2.05, 4.69) is 0 Å². The average molecular weight is 356 g/mol. The van der Waals surface area contributed by atoms with Gasteiger partial charge in [0.25, 0.3) is 0 Å². The van der Waals surface area contributed by atoms with Crippen LogP contribution < -0.4 is 0 Å². The van der Waals surface area contributed by atoms with Crippen molar-refractivity contribution in [1.29, 1.82) is 0 Å². The Kier molecular flexibility index (Phi) is 7.64. The van der Waals surface area contributed by atoms with E-state index in [1.807, 2.05) is 6.07 Å². The van der Waals surface area contributed by atoms with Gasteiger partial charge in [-0.15, -0.1) is 0 Å². The highest BCUT2D eigenvalue weighted by atomic mass is 31.2. The summed E-state index contributed by atoms with van der Waals surface area (Å²) < 4.78 is 13.2. The Hall–Kier alpha value is -1.65. The van der Waals surface area contributed by atoms with E-state index in [1.54, 1.807) is 38.1 Å². The standard InChI is InChI=1S/C17H25O6P/c1-3-14(12-8-6-5-7-9-12)24(22,23)15(4-2)13(17(20)21)10-11-16(18)19/h5-9,13-15H,3-4,10-11H2,1-2H3,(H,18,19)(H,20,21)(H,22,23). The quantitative estimate of drug-likeness (QED) is 0.550. The molecule has 0 aliphatic carbocycles. The minimum Gasteiger partial charge on any atom is -0.481 e. The maximum Gasteiger partial charge on any atom is 0.307 e. The third kappa shape index (κ3) is 4.92. The number of aliphatic carboxylic acids is 2. The van der Waals surface area contributed by atoms with Crippen molar-refractivity contribution in [3.63, 3.8) is 0 Å². The van der Waals surface area contributed by atoms with E-state index < -0.39 is 36.5 Å². The van der Waals surface area contributed by atoms with Crippen LogP contribution in [0.5, 0.6) is 0 Å². The van der Waals surface area contributed by atoms with Gasteiger partial charge in [-0.2, -0.15) is 0 Å². The van der Waals surface area contributed by atoms with Gasteiger partial charge in [0.2, 0.25) is 7.37 Å². The molecule has 7 heteroatoms. The summed E-state index contributed by atoms with van der Waals surface area (Å²) in [6.45, 7) is 3.46. The number of rotatable bonds is 10. The molecule has 1 rings (SSSR count). The van der Waals surface area contributed by atoms with Crippen LogP contribution in [-0.4, -0.2) is 32.7 Å². The molecule has 1 aromatic rings. The molecule has 0 saturated heterocycles. The highest BCUT2D eigenvalue weighted by molar-refractivity contribution is 7.59. The second-order valence-electron chi connectivity index (χ2n) is 5.86. The minimum absolute atomic E-state index is 0.154. The Labute approximate surface area is 142 Å². The first-order valence-corrected chi connectivity index (χ1v) is 9.87. The Bertz CT molecular complexity index is 600. The molecule has 4 atom stereocenters. The predicted molar refractivity (Wildman–Crippen MR) is 91.4 cm³/mol. The Balaban J connectivity index is 3.19. The molecule has 0 saturated carbocycles. The summed E-state index contributed by atoms with van der Waals surface area (Å²) in [6.07, 6.45) is 0.113. The molecular weight excluding hydrogens is 331 g/mol. The second kappa shape index (κ2) is 9.00. The molecule has 0 heterocycles. The maximum atomic E-state index is 13.2. The lowest BCUT2D eigenvalue weighted by Gasteiger charge is -2.32. The lowest BCUT2D eigenvalue weighted by atomic mass is 9.97. The summed E-state index contributed by atoms with van der Waals surface area (Å²) >= 11 is 0. The zero-order valence-corrected chi connectivity index (χ0v) is 14.9. The summed E-state index contributed by atoms with van der Waals surface area (Å²) in [5.41, 5.74) is -0.929. The monoisotopic (exact) mass is 356 g/mol. The molecule has 6 nitrogen and oxygen atoms in total. The molecule has 0 aliphatic rings. The van der Waals surface area contributed by atoms with Crippen molar-refractivity contribution in [2.75, 3.05) is 0 Å². The smallest absolute Gasteiger partial charge is 0.307 e. The summed E-state index contributed by atoms with van der Waals surface area (Å²) in [7, 11) is -3.88. The first kappa shape index (κ1) is 20.4. The van der Waals surface area contributed by atoms with Crippen LogP contribution in [0.2, 0.25) is 0 Å². The van der Waals surface area contributed by atoms with Crippen LogP contribution >= 0.6 is 7.37 Å². The fraction of sp³-hybridized carbons (Fsp3) is 0.529. The fourth-order valence-corrected chi connectivity index (χ4v) is 6.08. The molecule has 134 valence electrons. The van der Waals surface area contributed by atoms with E-state index in [0.29, 0.717) is 12.0 Å².